The molecule has 0 aromatic heterocycles. The molecule has 0 amide bonds. The first kappa shape index (κ1) is 12.6. The van der Waals surface area contributed by atoms with Crippen LogP contribution in [0.3, 0.4) is 0 Å². The van der Waals surface area contributed by atoms with Gasteiger partial charge in [-0.25, -0.2) is 4.79 Å². The molecule has 0 fully saturated rings. The van der Waals surface area contributed by atoms with E-state index in [2.05, 4.69) is 13.2 Å². The first-order valence-corrected chi connectivity index (χ1v) is 4.88. The van der Waals surface area contributed by atoms with Crippen molar-refractivity contribution in [1.29, 1.82) is 0 Å². The number of ether oxygens (including phenoxy) is 1. The van der Waals surface area contributed by atoms with Crippen molar-refractivity contribution in [2.24, 2.45) is 5.73 Å². The van der Waals surface area contributed by atoms with Gasteiger partial charge in [0.05, 0.1) is 5.56 Å². The van der Waals surface area contributed by atoms with Crippen LogP contribution < -0.4 is 11.5 Å². The molecule has 4 heteroatoms. The third-order valence-corrected chi connectivity index (χ3v) is 1.85. The summed E-state index contributed by atoms with van der Waals surface area (Å²) in [5.41, 5.74) is 12.2. The molecular formula is C13H14N2O2. The molecule has 0 spiro atoms. The number of benzene rings is 1. The summed E-state index contributed by atoms with van der Waals surface area (Å²) in [6, 6.07) is 6.40. The van der Waals surface area contributed by atoms with E-state index in [9.17, 15) is 4.79 Å². The number of nitrogen functional groups attached to an aromatic ring is 1. The van der Waals surface area contributed by atoms with E-state index in [1.165, 1.54) is 12.2 Å². The third-order valence-electron chi connectivity index (χ3n) is 1.85. The lowest BCUT2D eigenvalue weighted by molar-refractivity contribution is 0.0638. The molecule has 0 heterocycles. The zero-order valence-electron chi connectivity index (χ0n) is 9.35. The molecule has 17 heavy (non-hydrogen) atoms. The van der Waals surface area contributed by atoms with E-state index >= 15 is 0 Å². The summed E-state index contributed by atoms with van der Waals surface area (Å²) in [6.45, 7) is 7.03. The topological polar surface area (TPSA) is 78.3 Å². The maximum atomic E-state index is 11.6. The SMILES string of the molecule is C=C(N)/C=C\C(=C)OC(=O)c1ccc(N)cc1. The monoisotopic (exact) mass is 230 g/mol. The van der Waals surface area contributed by atoms with Gasteiger partial charge in [-0.2, -0.15) is 0 Å². The highest BCUT2D eigenvalue weighted by molar-refractivity contribution is 5.90. The van der Waals surface area contributed by atoms with E-state index in [-0.39, 0.29) is 5.76 Å². The number of hydrogen-bond donors (Lipinski definition) is 2. The molecule has 0 radical (unpaired) electrons. The maximum absolute atomic E-state index is 11.6. The quantitative estimate of drug-likeness (QED) is 0.359. The Kier molecular flexibility index (Phi) is 4.11. The van der Waals surface area contributed by atoms with Crippen LogP contribution in [-0.2, 0) is 4.74 Å². The van der Waals surface area contributed by atoms with Crippen molar-refractivity contribution in [2.45, 2.75) is 0 Å². The van der Waals surface area contributed by atoms with Crippen molar-refractivity contribution < 1.29 is 9.53 Å². The Morgan fingerprint density at radius 2 is 1.76 bits per heavy atom. The minimum Gasteiger partial charge on any atom is -0.424 e. The van der Waals surface area contributed by atoms with Gasteiger partial charge in [0.2, 0.25) is 0 Å². The lowest BCUT2D eigenvalue weighted by Crippen LogP contribution is -2.03. The second-order valence-electron chi connectivity index (χ2n) is 3.39. The first-order valence-electron chi connectivity index (χ1n) is 4.88. The van der Waals surface area contributed by atoms with Crippen LogP contribution in [0.4, 0.5) is 5.69 Å². The van der Waals surface area contributed by atoms with Gasteiger partial charge in [0.15, 0.2) is 0 Å². The molecule has 1 rings (SSSR count). The van der Waals surface area contributed by atoms with E-state index in [0.29, 0.717) is 16.9 Å². The standard InChI is InChI=1S/C13H14N2O2/c1-9(14)3-4-10(2)17-13(16)11-5-7-12(15)8-6-11/h3-8H,1-2,14-15H2/b4-3-. The number of rotatable bonds is 4. The van der Waals surface area contributed by atoms with Crippen molar-refractivity contribution in [3.8, 4) is 0 Å². The first-order chi connectivity index (χ1) is 7.99. The Morgan fingerprint density at radius 3 is 2.29 bits per heavy atom. The molecule has 0 saturated heterocycles. The number of carbonyl (C=O) groups is 1. The summed E-state index contributed by atoms with van der Waals surface area (Å²) >= 11 is 0. The Bertz CT molecular complexity index is 473. The number of carbonyl (C=O) groups excluding carboxylic acids is 1. The summed E-state index contributed by atoms with van der Waals surface area (Å²) in [5.74, 6) is -0.305. The van der Waals surface area contributed by atoms with Crippen molar-refractivity contribution >= 4 is 11.7 Å². The van der Waals surface area contributed by atoms with Gasteiger partial charge in [0.1, 0.15) is 5.76 Å². The van der Waals surface area contributed by atoms with E-state index in [1.807, 2.05) is 0 Å². The molecule has 88 valence electrons. The average Bonchev–Trinajstić information content (AvgIpc) is 2.27. The highest BCUT2D eigenvalue weighted by Gasteiger charge is 2.07. The van der Waals surface area contributed by atoms with E-state index in [0.717, 1.165) is 0 Å². The van der Waals surface area contributed by atoms with Gasteiger partial charge >= 0.3 is 5.97 Å². The summed E-state index contributed by atoms with van der Waals surface area (Å²) in [4.78, 5) is 11.6. The molecule has 0 atom stereocenters. The normalized spacial score (nSPS) is 10.1. The Labute approximate surface area is 99.9 Å². The molecule has 0 saturated carbocycles. The Hall–Kier alpha value is -2.49. The second kappa shape index (κ2) is 5.55. The van der Waals surface area contributed by atoms with Crippen LogP contribution >= 0.6 is 0 Å². The number of esters is 1. The highest BCUT2D eigenvalue weighted by Crippen LogP contribution is 2.09. The number of hydrogen-bond acceptors (Lipinski definition) is 4. The molecular weight excluding hydrogens is 216 g/mol. The number of anilines is 1. The average molecular weight is 230 g/mol. The summed E-state index contributed by atoms with van der Waals surface area (Å²) in [6.07, 6.45) is 2.97. The summed E-state index contributed by atoms with van der Waals surface area (Å²) in [5, 5.41) is 0. The third kappa shape index (κ3) is 4.25. The van der Waals surface area contributed by atoms with Crippen LogP contribution in [0.25, 0.3) is 0 Å². The minimum atomic E-state index is -0.498. The summed E-state index contributed by atoms with van der Waals surface area (Å²) in [7, 11) is 0. The van der Waals surface area contributed by atoms with Crippen LogP contribution in [0.2, 0.25) is 0 Å². The molecule has 0 aliphatic heterocycles. The van der Waals surface area contributed by atoms with Gasteiger partial charge in [0, 0.05) is 11.4 Å². The second-order valence-corrected chi connectivity index (χ2v) is 3.39. The molecule has 4 nitrogen and oxygen atoms in total. The largest absolute Gasteiger partial charge is 0.424 e. The van der Waals surface area contributed by atoms with Gasteiger partial charge in [0.25, 0.3) is 0 Å². The predicted octanol–water partition coefficient (Wildman–Crippen LogP) is 1.97. The minimum absolute atomic E-state index is 0.193. The van der Waals surface area contributed by atoms with Crippen LogP contribution in [0, 0.1) is 0 Å². The van der Waals surface area contributed by atoms with Gasteiger partial charge in [-0.05, 0) is 36.4 Å². The fourth-order valence-corrected chi connectivity index (χ4v) is 1.03. The van der Waals surface area contributed by atoms with Gasteiger partial charge in [-0.3, -0.25) is 0 Å². The number of nitrogens with two attached hydrogens (primary N) is 2. The van der Waals surface area contributed by atoms with Crippen LogP contribution in [0.5, 0.6) is 0 Å². The van der Waals surface area contributed by atoms with Crippen molar-refractivity contribution in [3.63, 3.8) is 0 Å². The lowest BCUT2D eigenvalue weighted by atomic mass is 10.2. The van der Waals surface area contributed by atoms with Crippen molar-refractivity contribution in [2.75, 3.05) is 5.73 Å². The molecule has 0 aliphatic rings. The highest BCUT2D eigenvalue weighted by atomic mass is 16.5. The van der Waals surface area contributed by atoms with E-state index < -0.39 is 5.97 Å². The lowest BCUT2D eigenvalue weighted by Gasteiger charge is -2.03. The molecule has 1 aromatic rings. The summed E-state index contributed by atoms with van der Waals surface area (Å²) < 4.78 is 4.97. The Balaban J connectivity index is 2.63. The zero-order valence-corrected chi connectivity index (χ0v) is 9.35. The van der Waals surface area contributed by atoms with Crippen LogP contribution in [0.15, 0.2) is 61.0 Å². The van der Waals surface area contributed by atoms with Crippen molar-refractivity contribution in [3.05, 3.63) is 66.6 Å². The molecule has 0 aliphatic carbocycles. The predicted molar refractivity (Wildman–Crippen MR) is 67.9 cm³/mol. The maximum Gasteiger partial charge on any atom is 0.343 e. The van der Waals surface area contributed by atoms with Crippen LogP contribution in [-0.4, -0.2) is 5.97 Å². The van der Waals surface area contributed by atoms with Crippen LogP contribution in [0.1, 0.15) is 10.4 Å². The number of allylic oxidation sites excluding steroid dienone is 2. The molecule has 4 N–H and O–H groups in total. The van der Waals surface area contributed by atoms with Crippen molar-refractivity contribution in [1.82, 2.24) is 0 Å². The van der Waals surface area contributed by atoms with Gasteiger partial charge < -0.3 is 16.2 Å². The molecule has 0 unspecified atom stereocenters. The van der Waals surface area contributed by atoms with E-state index in [1.54, 1.807) is 24.3 Å². The smallest absolute Gasteiger partial charge is 0.343 e. The zero-order chi connectivity index (χ0) is 12.8. The molecule has 0 bridgehead atoms. The molecule has 1 aromatic carbocycles. The van der Waals surface area contributed by atoms with E-state index in [4.69, 9.17) is 16.2 Å². The van der Waals surface area contributed by atoms with Gasteiger partial charge in [-0.15, -0.1) is 0 Å². The fourth-order valence-electron chi connectivity index (χ4n) is 1.03. The Morgan fingerprint density at radius 1 is 1.18 bits per heavy atom. The van der Waals surface area contributed by atoms with Gasteiger partial charge in [-0.1, -0.05) is 13.2 Å². The fraction of sp³-hybridized carbons (Fsp3) is 0.